The van der Waals surface area contributed by atoms with Crippen molar-refractivity contribution in [2.24, 2.45) is 5.92 Å². The molecular formula is C30H28N2O4. The van der Waals surface area contributed by atoms with E-state index in [2.05, 4.69) is 12.1 Å². The number of methoxy groups -OCH3 is 1. The molecule has 0 atom stereocenters. The Bertz CT molecular complexity index is 1270. The van der Waals surface area contributed by atoms with Gasteiger partial charge in [0, 0.05) is 5.56 Å². The summed E-state index contributed by atoms with van der Waals surface area (Å²) in [4.78, 5) is 12.0. The monoisotopic (exact) mass is 480 g/mol. The maximum Gasteiger partial charge on any atom is 0.308 e. The van der Waals surface area contributed by atoms with Crippen LogP contribution in [0.5, 0.6) is 11.5 Å². The van der Waals surface area contributed by atoms with E-state index >= 15 is 0 Å². The molecule has 0 bridgehead atoms. The second kappa shape index (κ2) is 11.9. The third-order valence-corrected chi connectivity index (χ3v) is 6.66. The molecule has 182 valence electrons. The summed E-state index contributed by atoms with van der Waals surface area (Å²) in [6, 6.07) is 25.6. The van der Waals surface area contributed by atoms with E-state index in [1.807, 2.05) is 66.7 Å². The second-order valence-corrected chi connectivity index (χ2v) is 8.89. The zero-order valence-electron chi connectivity index (χ0n) is 20.3. The zero-order valence-corrected chi connectivity index (χ0v) is 20.3. The summed E-state index contributed by atoms with van der Waals surface area (Å²) in [6.45, 7) is 0.550. The maximum atomic E-state index is 12.0. The lowest BCUT2D eigenvalue weighted by Gasteiger charge is -2.29. The number of nitriles is 2. The fraction of sp³-hybridized carbons (Fsp3) is 0.300. The highest BCUT2D eigenvalue weighted by Gasteiger charge is 2.32. The first-order valence-electron chi connectivity index (χ1n) is 12.1. The van der Waals surface area contributed by atoms with Gasteiger partial charge in [-0.25, -0.2) is 0 Å². The molecule has 36 heavy (non-hydrogen) atoms. The number of hydrogen-bond acceptors (Lipinski definition) is 6. The number of ether oxygens (including phenoxy) is 3. The molecule has 1 saturated carbocycles. The van der Waals surface area contributed by atoms with E-state index < -0.39 is 0 Å². The molecule has 0 aromatic heterocycles. The van der Waals surface area contributed by atoms with Crippen LogP contribution in [-0.2, 0) is 22.7 Å². The molecule has 0 saturated heterocycles. The van der Waals surface area contributed by atoms with E-state index in [4.69, 9.17) is 14.2 Å². The lowest BCUT2D eigenvalue weighted by molar-refractivity contribution is -0.146. The highest BCUT2D eigenvalue weighted by Crippen LogP contribution is 2.44. The molecule has 1 aliphatic carbocycles. The molecule has 0 radical (unpaired) electrons. The third-order valence-electron chi connectivity index (χ3n) is 6.66. The van der Waals surface area contributed by atoms with E-state index in [0.717, 1.165) is 29.5 Å². The van der Waals surface area contributed by atoms with Crippen molar-refractivity contribution in [2.75, 3.05) is 7.11 Å². The van der Waals surface area contributed by atoms with E-state index in [0.29, 0.717) is 24.3 Å². The first-order valence-corrected chi connectivity index (χ1v) is 12.1. The maximum absolute atomic E-state index is 12.0. The number of hydrogen-bond donors (Lipinski definition) is 0. The van der Waals surface area contributed by atoms with Crippen LogP contribution in [-0.4, -0.2) is 13.1 Å². The van der Waals surface area contributed by atoms with E-state index in [-0.39, 0.29) is 42.1 Å². The highest BCUT2D eigenvalue weighted by molar-refractivity contribution is 5.72. The van der Waals surface area contributed by atoms with Crippen molar-refractivity contribution >= 4 is 5.97 Å². The fourth-order valence-electron chi connectivity index (χ4n) is 4.72. The van der Waals surface area contributed by atoms with Crippen molar-refractivity contribution in [1.29, 1.82) is 10.5 Å². The van der Waals surface area contributed by atoms with Gasteiger partial charge in [-0.3, -0.25) is 4.79 Å². The second-order valence-electron chi connectivity index (χ2n) is 8.89. The highest BCUT2D eigenvalue weighted by atomic mass is 16.5. The van der Waals surface area contributed by atoms with Crippen LogP contribution in [0.4, 0.5) is 0 Å². The Kier molecular flexibility index (Phi) is 8.21. The van der Waals surface area contributed by atoms with Gasteiger partial charge in [-0.15, -0.1) is 0 Å². The molecule has 6 heteroatoms. The molecule has 6 nitrogen and oxygen atoms in total. The standard InChI is InChI=1S/C30H28N2O4/c1-34-30(33)24-14-12-23(13-15-24)25-16-28(35-19-21-8-4-2-5-9-21)26(17-31)27(18-32)29(25)36-20-22-10-6-3-7-11-22/h2-11,16,23-24H,12-15,19-20H2,1H3. The Morgan fingerprint density at radius 2 is 1.39 bits per heavy atom. The minimum atomic E-state index is -0.182. The van der Waals surface area contributed by atoms with Crippen LogP contribution in [0.1, 0.15) is 59.4 Å². The lowest BCUT2D eigenvalue weighted by atomic mass is 9.77. The minimum Gasteiger partial charge on any atom is -0.487 e. The SMILES string of the molecule is COC(=O)C1CCC(c2cc(OCc3ccccc3)c(C#N)c(C#N)c2OCc2ccccc2)CC1. The number of esters is 1. The summed E-state index contributed by atoms with van der Waals surface area (Å²) in [5.74, 6) is 0.554. The van der Waals surface area contributed by atoms with Crippen molar-refractivity contribution in [1.82, 2.24) is 0 Å². The predicted octanol–water partition coefficient (Wildman–Crippen LogP) is 6.03. The average molecular weight is 481 g/mol. The van der Waals surface area contributed by atoms with Crippen LogP contribution in [0.3, 0.4) is 0 Å². The van der Waals surface area contributed by atoms with Gasteiger partial charge in [-0.05, 0) is 48.8 Å². The predicted molar refractivity (Wildman–Crippen MR) is 134 cm³/mol. The van der Waals surface area contributed by atoms with Crippen LogP contribution in [0, 0.1) is 28.6 Å². The van der Waals surface area contributed by atoms with Crippen LogP contribution >= 0.6 is 0 Å². The minimum absolute atomic E-state index is 0.0654. The Morgan fingerprint density at radius 1 is 0.833 bits per heavy atom. The molecule has 0 spiro atoms. The Hall–Kier alpha value is -4.29. The van der Waals surface area contributed by atoms with Gasteiger partial charge in [0.1, 0.15) is 48.0 Å². The molecule has 1 fully saturated rings. The zero-order chi connectivity index (χ0) is 25.3. The molecule has 0 N–H and O–H groups in total. The van der Waals surface area contributed by atoms with E-state index in [1.54, 1.807) is 0 Å². The summed E-state index contributed by atoms with van der Waals surface area (Å²) >= 11 is 0. The molecule has 1 aliphatic rings. The summed E-state index contributed by atoms with van der Waals surface area (Å²) in [5, 5.41) is 20.1. The Morgan fingerprint density at radius 3 is 1.92 bits per heavy atom. The number of benzene rings is 3. The van der Waals surface area contributed by atoms with Crippen molar-refractivity contribution in [3.8, 4) is 23.6 Å². The molecule has 0 unspecified atom stereocenters. The van der Waals surface area contributed by atoms with Gasteiger partial charge in [0.2, 0.25) is 0 Å². The van der Waals surface area contributed by atoms with Crippen molar-refractivity contribution in [3.05, 3.63) is 94.5 Å². The molecule has 0 aliphatic heterocycles. The van der Waals surface area contributed by atoms with Gasteiger partial charge >= 0.3 is 5.97 Å². The van der Waals surface area contributed by atoms with Gasteiger partial charge in [0.15, 0.2) is 0 Å². The molecule has 3 aromatic carbocycles. The first-order chi connectivity index (χ1) is 17.6. The topological polar surface area (TPSA) is 92.3 Å². The number of rotatable bonds is 8. The fourth-order valence-corrected chi connectivity index (χ4v) is 4.72. The quantitative estimate of drug-likeness (QED) is 0.365. The average Bonchev–Trinajstić information content (AvgIpc) is 2.95. The summed E-state index contributed by atoms with van der Waals surface area (Å²) in [7, 11) is 1.42. The van der Waals surface area contributed by atoms with Gasteiger partial charge in [-0.1, -0.05) is 60.7 Å². The number of carbonyl (C=O) groups is 1. The Labute approximate surface area is 211 Å². The van der Waals surface area contributed by atoms with E-state index in [1.165, 1.54) is 7.11 Å². The smallest absolute Gasteiger partial charge is 0.308 e. The normalized spacial score (nSPS) is 16.9. The lowest BCUT2D eigenvalue weighted by Crippen LogP contribution is -2.22. The van der Waals surface area contributed by atoms with Crippen LogP contribution < -0.4 is 9.47 Å². The molecule has 0 heterocycles. The van der Waals surface area contributed by atoms with Crippen molar-refractivity contribution in [3.63, 3.8) is 0 Å². The van der Waals surface area contributed by atoms with Gasteiger partial charge in [0.25, 0.3) is 0 Å². The van der Waals surface area contributed by atoms with Gasteiger partial charge in [0.05, 0.1) is 13.0 Å². The molecule has 4 rings (SSSR count). The number of nitrogens with zero attached hydrogens (tertiary/aromatic N) is 2. The molecule has 3 aromatic rings. The molecular weight excluding hydrogens is 452 g/mol. The largest absolute Gasteiger partial charge is 0.487 e. The number of carbonyl (C=O) groups excluding carboxylic acids is 1. The summed E-state index contributed by atoms with van der Waals surface area (Å²) in [5.41, 5.74) is 3.12. The summed E-state index contributed by atoms with van der Waals surface area (Å²) < 4.78 is 17.3. The molecule has 0 amide bonds. The van der Waals surface area contributed by atoms with Gasteiger partial charge < -0.3 is 14.2 Å². The van der Waals surface area contributed by atoms with Crippen molar-refractivity contribution < 1.29 is 19.0 Å². The van der Waals surface area contributed by atoms with E-state index in [9.17, 15) is 15.3 Å². The third kappa shape index (κ3) is 5.67. The first kappa shape index (κ1) is 24.8. The van der Waals surface area contributed by atoms with Crippen LogP contribution in [0.15, 0.2) is 66.7 Å². The van der Waals surface area contributed by atoms with Gasteiger partial charge in [-0.2, -0.15) is 10.5 Å². The van der Waals surface area contributed by atoms with Crippen molar-refractivity contribution in [2.45, 2.75) is 44.8 Å². The van der Waals surface area contributed by atoms with Crippen LogP contribution in [0.25, 0.3) is 0 Å². The Balaban J connectivity index is 1.70. The summed E-state index contributed by atoms with van der Waals surface area (Å²) in [6.07, 6.45) is 2.88. The van der Waals surface area contributed by atoms with Crippen LogP contribution in [0.2, 0.25) is 0 Å².